The number of hydrogen-bond acceptors (Lipinski definition) is 2. The van der Waals surface area contributed by atoms with Crippen molar-refractivity contribution in [2.75, 3.05) is 0 Å². The molecular weight excluding hydrogens is 115 g/mol. The standard InChI is InChI=1S/C5H6BN2O/c1-6-5-2-7-3-8(5)4-9/h2-4H,1H3. The maximum Gasteiger partial charge on any atom is 0.218 e. The van der Waals surface area contributed by atoms with Crippen LogP contribution in [0.4, 0.5) is 0 Å². The molecule has 0 bridgehead atoms. The van der Waals surface area contributed by atoms with Crippen LogP contribution in [0.5, 0.6) is 0 Å². The van der Waals surface area contributed by atoms with Gasteiger partial charge in [0, 0.05) is 11.8 Å². The molecule has 0 aliphatic carbocycles. The van der Waals surface area contributed by atoms with Gasteiger partial charge in [0.1, 0.15) is 6.33 Å². The third-order valence-corrected chi connectivity index (χ3v) is 1.11. The molecule has 1 aromatic rings. The lowest BCUT2D eigenvalue weighted by atomic mass is 9.78. The van der Waals surface area contributed by atoms with E-state index in [2.05, 4.69) is 4.98 Å². The summed E-state index contributed by atoms with van der Waals surface area (Å²) in [4.78, 5) is 13.9. The predicted octanol–water partition coefficient (Wildman–Crippen LogP) is -0.701. The first-order chi connectivity index (χ1) is 4.38. The molecule has 0 fully saturated rings. The first kappa shape index (κ1) is 6.07. The van der Waals surface area contributed by atoms with E-state index in [1.807, 2.05) is 14.1 Å². The zero-order valence-corrected chi connectivity index (χ0v) is 5.11. The largest absolute Gasteiger partial charge is 0.286 e. The fourth-order valence-corrected chi connectivity index (χ4v) is 0.627. The van der Waals surface area contributed by atoms with Gasteiger partial charge in [-0.25, -0.2) is 4.98 Å². The van der Waals surface area contributed by atoms with E-state index in [1.165, 1.54) is 10.9 Å². The second kappa shape index (κ2) is 2.48. The highest BCUT2D eigenvalue weighted by atomic mass is 16.1. The highest BCUT2D eigenvalue weighted by molar-refractivity contribution is 6.51. The van der Waals surface area contributed by atoms with Crippen LogP contribution in [0, 0.1) is 0 Å². The Morgan fingerprint density at radius 3 is 3.11 bits per heavy atom. The van der Waals surface area contributed by atoms with Crippen molar-refractivity contribution >= 4 is 19.3 Å². The Morgan fingerprint density at radius 2 is 2.67 bits per heavy atom. The van der Waals surface area contributed by atoms with Crippen molar-refractivity contribution < 1.29 is 4.79 Å². The molecule has 0 spiro atoms. The lowest BCUT2D eigenvalue weighted by Crippen LogP contribution is -2.20. The third kappa shape index (κ3) is 1.01. The number of rotatable bonds is 2. The zero-order chi connectivity index (χ0) is 6.69. The lowest BCUT2D eigenvalue weighted by molar-refractivity contribution is 0.548. The normalized spacial score (nSPS) is 9.00. The number of hydrogen-bond donors (Lipinski definition) is 0. The molecule has 3 nitrogen and oxygen atoms in total. The molecule has 0 saturated heterocycles. The van der Waals surface area contributed by atoms with Gasteiger partial charge < -0.3 is 0 Å². The van der Waals surface area contributed by atoms with Crippen molar-refractivity contribution in [2.24, 2.45) is 0 Å². The van der Waals surface area contributed by atoms with Crippen LogP contribution < -0.4 is 5.59 Å². The van der Waals surface area contributed by atoms with Crippen LogP contribution in [0.25, 0.3) is 0 Å². The second-order valence-corrected chi connectivity index (χ2v) is 1.62. The van der Waals surface area contributed by atoms with Crippen LogP contribution >= 0.6 is 0 Å². The van der Waals surface area contributed by atoms with Gasteiger partial charge >= 0.3 is 0 Å². The van der Waals surface area contributed by atoms with Crippen LogP contribution in [0.2, 0.25) is 6.82 Å². The molecule has 0 saturated carbocycles. The fourth-order valence-electron chi connectivity index (χ4n) is 0.627. The van der Waals surface area contributed by atoms with E-state index in [0.717, 1.165) is 12.0 Å². The summed E-state index contributed by atoms with van der Waals surface area (Å²) in [6.07, 6.45) is 3.83. The first-order valence-electron chi connectivity index (χ1n) is 2.65. The van der Waals surface area contributed by atoms with E-state index in [0.29, 0.717) is 0 Å². The van der Waals surface area contributed by atoms with Crippen molar-refractivity contribution in [3.05, 3.63) is 12.5 Å². The first-order valence-corrected chi connectivity index (χ1v) is 2.65. The van der Waals surface area contributed by atoms with Crippen molar-refractivity contribution in [3.63, 3.8) is 0 Å². The van der Waals surface area contributed by atoms with Crippen molar-refractivity contribution in [3.8, 4) is 0 Å². The SMILES string of the molecule is C[B]c1cncn1C=O. The lowest BCUT2D eigenvalue weighted by Gasteiger charge is -1.90. The molecule has 0 N–H and O–H groups in total. The van der Waals surface area contributed by atoms with Crippen molar-refractivity contribution in [2.45, 2.75) is 6.82 Å². The molecule has 1 radical (unpaired) electrons. The number of imidazole rings is 1. The summed E-state index contributed by atoms with van der Waals surface area (Å²) in [5, 5.41) is 0. The van der Waals surface area contributed by atoms with Gasteiger partial charge in [-0.1, -0.05) is 6.82 Å². The minimum atomic E-state index is 0.725. The van der Waals surface area contributed by atoms with E-state index in [4.69, 9.17) is 0 Å². The average molecular weight is 121 g/mol. The Morgan fingerprint density at radius 1 is 1.89 bits per heavy atom. The monoisotopic (exact) mass is 121 g/mol. The van der Waals surface area contributed by atoms with Gasteiger partial charge in [-0.15, -0.1) is 0 Å². The van der Waals surface area contributed by atoms with Crippen LogP contribution in [-0.4, -0.2) is 23.2 Å². The Hall–Kier alpha value is -1.06. The number of carbonyl (C=O) groups excluding carboxylic acids is 1. The minimum absolute atomic E-state index is 0.725. The third-order valence-electron chi connectivity index (χ3n) is 1.11. The summed E-state index contributed by atoms with van der Waals surface area (Å²) in [6, 6.07) is 0. The second-order valence-electron chi connectivity index (χ2n) is 1.62. The predicted molar refractivity (Wildman–Crippen MR) is 35.6 cm³/mol. The summed E-state index contributed by atoms with van der Waals surface area (Å²) < 4.78 is 1.42. The summed E-state index contributed by atoms with van der Waals surface area (Å²) in [7, 11) is 1.82. The molecule has 0 atom stereocenters. The van der Waals surface area contributed by atoms with Gasteiger partial charge in [0.25, 0.3) is 0 Å². The Kier molecular flexibility index (Phi) is 1.67. The summed E-state index contributed by atoms with van der Waals surface area (Å²) in [5.41, 5.74) is 0.824. The maximum absolute atomic E-state index is 10.2. The molecule has 4 heteroatoms. The molecular formula is C5H6BN2O. The van der Waals surface area contributed by atoms with E-state index < -0.39 is 0 Å². The van der Waals surface area contributed by atoms with Crippen molar-refractivity contribution in [1.29, 1.82) is 0 Å². The van der Waals surface area contributed by atoms with Gasteiger partial charge in [-0.05, 0) is 0 Å². The molecule has 0 aromatic carbocycles. The molecule has 1 rings (SSSR count). The summed E-state index contributed by atoms with van der Waals surface area (Å²) >= 11 is 0. The maximum atomic E-state index is 10.2. The average Bonchev–Trinajstić information content (AvgIpc) is 2.33. The summed E-state index contributed by atoms with van der Waals surface area (Å²) in [6.45, 7) is 1.86. The molecule has 0 aliphatic rings. The molecule has 0 unspecified atom stereocenters. The minimum Gasteiger partial charge on any atom is -0.286 e. The van der Waals surface area contributed by atoms with Crippen molar-refractivity contribution in [1.82, 2.24) is 9.55 Å². The van der Waals surface area contributed by atoms with E-state index in [9.17, 15) is 4.79 Å². The Balaban J connectivity index is 2.98. The molecule has 0 amide bonds. The van der Waals surface area contributed by atoms with Gasteiger partial charge in [0.15, 0.2) is 7.28 Å². The molecule has 9 heavy (non-hydrogen) atoms. The molecule has 1 aromatic heterocycles. The van der Waals surface area contributed by atoms with Gasteiger partial charge in [-0.3, -0.25) is 9.36 Å². The highest BCUT2D eigenvalue weighted by Crippen LogP contribution is 1.74. The summed E-state index contributed by atoms with van der Waals surface area (Å²) in [5.74, 6) is 0. The smallest absolute Gasteiger partial charge is 0.218 e. The molecule has 1 heterocycles. The topological polar surface area (TPSA) is 34.9 Å². The Bertz CT molecular complexity index is 208. The van der Waals surface area contributed by atoms with Gasteiger partial charge in [0.05, 0.1) is 0 Å². The molecule has 45 valence electrons. The number of carbonyl (C=O) groups is 1. The van der Waals surface area contributed by atoms with Crippen LogP contribution in [-0.2, 0) is 4.79 Å². The van der Waals surface area contributed by atoms with Gasteiger partial charge in [0.2, 0.25) is 6.41 Å². The fraction of sp³-hybridized carbons (Fsp3) is 0.200. The highest BCUT2D eigenvalue weighted by Gasteiger charge is 1.95. The van der Waals surface area contributed by atoms with Gasteiger partial charge in [-0.2, -0.15) is 0 Å². The quantitative estimate of drug-likeness (QED) is 0.383. The van der Waals surface area contributed by atoms with E-state index in [1.54, 1.807) is 6.20 Å². The van der Waals surface area contributed by atoms with Crippen LogP contribution in [0.1, 0.15) is 0 Å². The van der Waals surface area contributed by atoms with E-state index >= 15 is 0 Å². The number of aromatic nitrogens is 2. The molecule has 0 aliphatic heterocycles. The van der Waals surface area contributed by atoms with E-state index in [-0.39, 0.29) is 0 Å². The Labute approximate surface area is 53.9 Å². The number of nitrogens with zero attached hydrogens (tertiary/aromatic N) is 2. The van der Waals surface area contributed by atoms with Crippen LogP contribution in [0.3, 0.4) is 0 Å². The zero-order valence-electron chi connectivity index (χ0n) is 5.11. The van der Waals surface area contributed by atoms with Crippen LogP contribution in [0.15, 0.2) is 12.5 Å².